The van der Waals surface area contributed by atoms with E-state index in [0.717, 1.165) is 61.6 Å². The highest BCUT2D eigenvalue weighted by Crippen LogP contribution is 2.39. The SMILES string of the molecule is C[C@H](O)C1CCC(c2cnn3ccc(-c4cnc(CO[C@@H]5CCC[C@H]5O)nc4)cc23)CC1. The molecule has 0 saturated heterocycles. The molecule has 7 heteroatoms. The van der Waals surface area contributed by atoms with Gasteiger partial charge in [-0.1, -0.05) is 0 Å². The van der Waals surface area contributed by atoms with Gasteiger partial charge in [-0.15, -0.1) is 0 Å². The number of aliphatic hydroxyl groups is 2. The van der Waals surface area contributed by atoms with E-state index >= 15 is 0 Å². The Kier molecular flexibility index (Phi) is 6.22. The van der Waals surface area contributed by atoms with Crippen LogP contribution in [0.3, 0.4) is 0 Å². The van der Waals surface area contributed by atoms with Crippen molar-refractivity contribution in [2.45, 2.75) is 82.7 Å². The molecule has 0 bridgehead atoms. The Morgan fingerprint density at radius 3 is 2.53 bits per heavy atom. The fraction of sp³-hybridized carbons (Fsp3) is 0.560. The molecule has 3 atom stereocenters. The van der Waals surface area contributed by atoms with Crippen molar-refractivity contribution in [2.24, 2.45) is 5.92 Å². The zero-order chi connectivity index (χ0) is 22.1. The van der Waals surface area contributed by atoms with E-state index in [9.17, 15) is 10.2 Å². The topological polar surface area (TPSA) is 92.8 Å². The van der Waals surface area contributed by atoms with E-state index in [2.05, 4.69) is 21.1 Å². The van der Waals surface area contributed by atoms with E-state index in [4.69, 9.17) is 4.74 Å². The summed E-state index contributed by atoms with van der Waals surface area (Å²) in [6.07, 6.45) is 14.0. The first-order chi connectivity index (χ1) is 15.6. The average Bonchev–Trinajstić information content (AvgIpc) is 3.43. The summed E-state index contributed by atoms with van der Waals surface area (Å²) in [5.74, 6) is 1.54. The van der Waals surface area contributed by atoms with Crippen molar-refractivity contribution in [3.8, 4) is 11.1 Å². The van der Waals surface area contributed by atoms with Crippen LogP contribution in [0.4, 0.5) is 0 Å². The van der Waals surface area contributed by atoms with Gasteiger partial charge in [-0.3, -0.25) is 0 Å². The molecule has 2 N–H and O–H groups in total. The molecule has 3 heterocycles. The molecule has 0 unspecified atom stereocenters. The van der Waals surface area contributed by atoms with Crippen molar-refractivity contribution in [1.82, 2.24) is 19.6 Å². The lowest BCUT2D eigenvalue weighted by atomic mass is 9.77. The van der Waals surface area contributed by atoms with Crippen LogP contribution in [-0.4, -0.2) is 48.1 Å². The van der Waals surface area contributed by atoms with E-state index in [1.165, 1.54) is 5.56 Å². The molecule has 2 saturated carbocycles. The Bertz CT molecular complexity index is 1040. The number of rotatable bonds is 6. The van der Waals surface area contributed by atoms with E-state index in [1.807, 2.05) is 42.3 Å². The van der Waals surface area contributed by atoms with Crippen LogP contribution >= 0.6 is 0 Å². The minimum absolute atomic E-state index is 0.100. The summed E-state index contributed by atoms with van der Waals surface area (Å²) in [4.78, 5) is 8.96. The molecule has 5 rings (SSSR count). The Morgan fingerprint density at radius 2 is 1.84 bits per heavy atom. The van der Waals surface area contributed by atoms with Gasteiger partial charge >= 0.3 is 0 Å². The lowest BCUT2D eigenvalue weighted by Crippen LogP contribution is -2.22. The highest BCUT2D eigenvalue weighted by molar-refractivity contribution is 5.69. The van der Waals surface area contributed by atoms with E-state index in [-0.39, 0.29) is 18.3 Å². The minimum Gasteiger partial charge on any atom is -0.393 e. The molecule has 2 fully saturated rings. The monoisotopic (exact) mass is 436 g/mol. The highest BCUT2D eigenvalue weighted by atomic mass is 16.5. The van der Waals surface area contributed by atoms with Crippen molar-refractivity contribution >= 4 is 5.52 Å². The quantitative estimate of drug-likeness (QED) is 0.609. The van der Waals surface area contributed by atoms with Crippen LogP contribution in [0.15, 0.2) is 36.9 Å². The van der Waals surface area contributed by atoms with Gasteiger partial charge in [0.15, 0.2) is 5.82 Å². The first kappa shape index (κ1) is 21.5. The number of aliphatic hydroxyl groups excluding tert-OH is 2. The lowest BCUT2D eigenvalue weighted by Gasteiger charge is -2.29. The van der Waals surface area contributed by atoms with Gasteiger partial charge in [0, 0.05) is 29.7 Å². The van der Waals surface area contributed by atoms with Crippen molar-refractivity contribution in [2.75, 3.05) is 0 Å². The second-order valence-corrected chi connectivity index (χ2v) is 9.43. The van der Waals surface area contributed by atoms with Crippen LogP contribution in [0.5, 0.6) is 0 Å². The van der Waals surface area contributed by atoms with E-state index in [1.54, 1.807) is 0 Å². The molecule has 0 amide bonds. The number of hydrogen-bond acceptors (Lipinski definition) is 6. The zero-order valence-electron chi connectivity index (χ0n) is 18.6. The number of hydrogen-bond donors (Lipinski definition) is 2. The van der Waals surface area contributed by atoms with Crippen LogP contribution in [0, 0.1) is 5.92 Å². The molecule has 3 aromatic heterocycles. The Morgan fingerprint density at radius 1 is 1.06 bits per heavy atom. The van der Waals surface area contributed by atoms with E-state index in [0.29, 0.717) is 24.3 Å². The number of aromatic nitrogens is 4. The summed E-state index contributed by atoms with van der Waals surface area (Å²) in [5, 5.41) is 24.4. The smallest absolute Gasteiger partial charge is 0.153 e. The maximum atomic E-state index is 9.90. The van der Waals surface area contributed by atoms with Crippen molar-refractivity contribution < 1.29 is 14.9 Å². The Balaban J connectivity index is 1.30. The van der Waals surface area contributed by atoms with Crippen LogP contribution in [0.1, 0.15) is 69.2 Å². The van der Waals surface area contributed by atoms with Gasteiger partial charge in [0.2, 0.25) is 0 Å². The number of ether oxygens (including phenoxy) is 1. The van der Waals surface area contributed by atoms with Gasteiger partial charge in [0.25, 0.3) is 0 Å². The summed E-state index contributed by atoms with van der Waals surface area (Å²) in [7, 11) is 0. The summed E-state index contributed by atoms with van der Waals surface area (Å²) in [6, 6.07) is 4.21. The third-order valence-electron chi connectivity index (χ3n) is 7.33. The van der Waals surface area contributed by atoms with Gasteiger partial charge in [-0.05, 0) is 81.4 Å². The van der Waals surface area contributed by atoms with Gasteiger partial charge in [-0.25, -0.2) is 14.5 Å². The molecular weight excluding hydrogens is 404 g/mol. The molecule has 2 aliphatic carbocycles. The predicted molar refractivity (Wildman–Crippen MR) is 121 cm³/mol. The summed E-state index contributed by atoms with van der Waals surface area (Å²) < 4.78 is 7.74. The van der Waals surface area contributed by atoms with Gasteiger partial charge in [-0.2, -0.15) is 5.10 Å². The average molecular weight is 437 g/mol. The fourth-order valence-corrected chi connectivity index (χ4v) is 5.27. The molecule has 32 heavy (non-hydrogen) atoms. The largest absolute Gasteiger partial charge is 0.393 e. The summed E-state index contributed by atoms with van der Waals surface area (Å²) in [5.41, 5.74) is 4.44. The zero-order valence-corrected chi connectivity index (χ0v) is 18.6. The third-order valence-corrected chi connectivity index (χ3v) is 7.33. The first-order valence-corrected chi connectivity index (χ1v) is 11.8. The number of nitrogens with zero attached hydrogens (tertiary/aromatic N) is 4. The molecular formula is C25H32N4O3. The normalized spacial score (nSPS) is 27.1. The van der Waals surface area contributed by atoms with E-state index < -0.39 is 0 Å². The van der Waals surface area contributed by atoms with Crippen LogP contribution in [0.25, 0.3) is 16.6 Å². The molecule has 0 radical (unpaired) electrons. The molecule has 0 aliphatic heterocycles. The molecule has 7 nitrogen and oxygen atoms in total. The summed E-state index contributed by atoms with van der Waals surface area (Å²) >= 11 is 0. The Labute approximate surface area is 188 Å². The first-order valence-electron chi connectivity index (χ1n) is 11.8. The molecule has 2 aliphatic rings. The standard InChI is InChI=1S/C25H32N4O3/c1-16(30)17-5-7-18(8-6-17)21-14-28-29-10-9-19(11-22(21)29)20-12-26-25(27-13-20)15-32-24-4-2-3-23(24)31/h9-14,16-18,23-24,30-31H,2-8,15H2,1H3/t16-,17?,18?,23+,24+/m0/s1. The maximum absolute atomic E-state index is 9.90. The maximum Gasteiger partial charge on any atom is 0.153 e. The Hall–Kier alpha value is -2.35. The molecule has 170 valence electrons. The van der Waals surface area contributed by atoms with Crippen molar-refractivity contribution in [3.05, 3.63) is 48.3 Å². The fourth-order valence-electron chi connectivity index (χ4n) is 5.27. The van der Waals surface area contributed by atoms with Gasteiger partial charge in [0.05, 0.1) is 30.0 Å². The number of pyridine rings is 1. The van der Waals surface area contributed by atoms with Gasteiger partial charge in [0.1, 0.15) is 6.61 Å². The highest BCUT2D eigenvalue weighted by Gasteiger charge is 2.27. The van der Waals surface area contributed by atoms with Crippen LogP contribution in [0.2, 0.25) is 0 Å². The van der Waals surface area contributed by atoms with Crippen molar-refractivity contribution in [1.29, 1.82) is 0 Å². The van der Waals surface area contributed by atoms with Crippen LogP contribution in [-0.2, 0) is 11.3 Å². The predicted octanol–water partition coefficient (Wildman–Crippen LogP) is 3.88. The second-order valence-electron chi connectivity index (χ2n) is 9.43. The number of fused-ring (bicyclic) bond motifs is 1. The third kappa shape index (κ3) is 4.42. The molecule has 0 spiro atoms. The van der Waals surface area contributed by atoms with Crippen LogP contribution < -0.4 is 0 Å². The summed E-state index contributed by atoms with van der Waals surface area (Å²) in [6.45, 7) is 2.23. The van der Waals surface area contributed by atoms with Crippen molar-refractivity contribution in [3.63, 3.8) is 0 Å². The van der Waals surface area contributed by atoms with Gasteiger partial charge < -0.3 is 14.9 Å². The lowest BCUT2D eigenvalue weighted by molar-refractivity contribution is -0.0295. The molecule has 0 aromatic carbocycles. The second kappa shape index (κ2) is 9.25. The minimum atomic E-state index is -0.368. The molecule has 3 aromatic rings.